The molecule has 36 heavy (non-hydrogen) atoms. The molecular weight excluding hydrogens is 450 g/mol. The summed E-state index contributed by atoms with van der Waals surface area (Å²) < 4.78 is 25.5. The molecule has 3 aromatic rings. The Labute approximate surface area is 214 Å². The van der Waals surface area contributed by atoms with Crippen molar-refractivity contribution in [3.63, 3.8) is 0 Å². The molecule has 0 fully saturated rings. The van der Waals surface area contributed by atoms with Crippen molar-refractivity contribution in [1.29, 1.82) is 0 Å². The number of hydrogen-bond acceptors (Lipinski definition) is 4. The first-order valence-corrected chi connectivity index (χ1v) is 14.0. The van der Waals surface area contributed by atoms with Crippen LogP contribution in [0, 0.1) is 0 Å². The van der Waals surface area contributed by atoms with Crippen molar-refractivity contribution in [2.75, 3.05) is 13.6 Å². The van der Waals surface area contributed by atoms with Gasteiger partial charge in [0.2, 0.25) is 19.3 Å². The molecule has 0 aliphatic carbocycles. The number of nitrogens with zero attached hydrogens (tertiary/aromatic N) is 1. The molecule has 5 heteroatoms. The zero-order chi connectivity index (χ0) is 24.3. The van der Waals surface area contributed by atoms with Crippen molar-refractivity contribution >= 4 is 10.8 Å². The Balaban J connectivity index is 1.26. The fourth-order valence-corrected chi connectivity index (χ4v) is 6.09. The smallest absolute Gasteiger partial charge is 0.231 e. The van der Waals surface area contributed by atoms with Crippen LogP contribution in [0.1, 0.15) is 82.3 Å². The predicted molar refractivity (Wildman–Crippen MR) is 141 cm³/mol. The van der Waals surface area contributed by atoms with Gasteiger partial charge in [0.1, 0.15) is 0 Å². The molecule has 6 rings (SSSR count). The third-order valence-electron chi connectivity index (χ3n) is 8.02. The first-order chi connectivity index (χ1) is 17.8. The van der Waals surface area contributed by atoms with Gasteiger partial charge in [0.15, 0.2) is 35.7 Å². The molecule has 0 amide bonds. The fraction of sp³-hybridized carbons (Fsp3) is 0.516. The highest BCUT2D eigenvalue weighted by atomic mass is 16.7. The SMILES string of the molecule is CCCCCCCCCCCCc1c2[n+](cc3c4c(ccc13)OCO4)CCc1cc3c(cc1-2)OCO3. The summed E-state index contributed by atoms with van der Waals surface area (Å²) in [5, 5.41) is 2.45. The number of hydrogen-bond donors (Lipinski definition) is 0. The highest BCUT2D eigenvalue weighted by molar-refractivity contribution is 5.95. The van der Waals surface area contributed by atoms with Crippen molar-refractivity contribution < 1.29 is 23.5 Å². The van der Waals surface area contributed by atoms with E-state index in [0.717, 1.165) is 42.4 Å². The summed E-state index contributed by atoms with van der Waals surface area (Å²) in [4.78, 5) is 0. The van der Waals surface area contributed by atoms with Crippen LogP contribution in [-0.4, -0.2) is 13.6 Å². The average molecular weight is 489 g/mol. The summed E-state index contributed by atoms with van der Waals surface area (Å²) >= 11 is 0. The van der Waals surface area contributed by atoms with E-state index in [-0.39, 0.29) is 0 Å². The van der Waals surface area contributed by atoms with E-state index in [0.29, 0.717) is 13.6 Å². The second-order valence-electron chi connectivity index (χ2n) is 10.5. The maximum atomic E-state index is 5.92. The maximum absolute atomic E-state index is 5.92. The first kappa shape index (κ1) is 23.4. The number of ether oxygens (including phenoxy) is 4. The molecule has 0 unspecified atom stereocenters. The molecule has 0 atom stereocenters. The quantitative estimate of drug-likeness (QED) is 0.210. The van der Waals surface area contributed by atoms with Gasteiger partial charge in [0.25, 0.3) is 0 Å². The molecule has 0 radical (unpaired) electrons. The lowest BCUT2D eigenvalue weighted by Gasteiger charge is -2.20. The highest BCUT2D eigenvalue weighted by Crippen LogP contribution is 2.45. The van der Waals surface area contributed by atoms with Gasteiger partial charge in [-0.15, -0.1) is 0 Å². The van der Waals surface area contributed by atoms with Crippen LogP contribution in [0.25, 0.3) is 22.0 Å². The lowest BCUT2D eigenvalue weighted by atomic mass is 9.89. The highest BCUT2D eigenvalue weighted by Gasteiger charge is 2.32. The number of aromatic nitrogens is 1. The van der Waals surface area contributed by atoms with Gasteiger partial charge < -0.3 is 18.9 Å². The minimum Gasteiger partial charge on any atom is -0.454 e. The number of pyridine rings is 1. The first-order valence-electron chi connectivity index (χ1n) is 14.0. The standard InChI is InChI=1S/C31H38NO4/c1-2-3-4-5-6-7-8-9-10-11-12-24-23-13-14-27-31(36-21-33-27)26(23)19-32-16-15-22-17-28-29(35-20-34-28)18-25(22)30(24)32/h13-14,17-19H,2-12,15-16,20-21H2,1H3/q+1. The third kappa shape index (κ3) is 4.49. The van der Waals surface area contributed by atoms with Crippen LogP contribution in [0.3, 0.4) is 0 Å². The lowest BCUT2D eigenvalue weighted by Crippen LogP contribution is -2.41. The minimum absolute atomic E-state index is 0.302. The van der Waals surface area contributed by atoms with Gasteiger partial charge in [0.05, 0.1) is 10.9 Å². The summed E-state index contributed by atoms with van der Waals surface area (Å²) in [6, 6.07) is 8.70. The molecule has 5 nitrogen and oxygen atoms in total. The molecule has 3 aliphatic rings. The van der Waals surface area contributed by atoms with E-state index in [1.54, 1.807) is 0 Å². The molecular formula is C31H38NO4+. The Morgan fingerprint density at radius 3 is 2.22 bits per heavy atom. The third-order valence-corrected chi connectivity index (χ3v) is 8.02. The molecule has 0 N–H and O–H groups in total. The largest absolute Gasteiger partial charge is 0.454 e. The number of unbranched alkanes of at least 4 members (excludes halogenated alkanes) is 9. The van der Waals surface area contributed by atoms with E-state index in [1.165, 1.54) is 97.4 Å². The normalized spacial score (nSPS) is 14.8. The van der Waals surface area contributed by atoms with Crippen molar-refractivity contribution in [1.82, 2.24) is 0 Å². The summed E-state index contributed by atoms with van der Waals surface area (Å²) in [6.07, 6.45) is 17.8. The molecule has 3 aliphatic heterocycles. The minimum atomic E-state index is 0.302. The predicted octanol–water partition coefficient (Wildman–Crippen LogP) is 7.27. The van der Waals surface area contributed by atoms with Crippen molar-refractivity contribution in [3.05, 3.63) is 41.6 Å². The molecule has 0 bridgehead atoms. The Kier molecular flexibility index (Phi) is 6.89. The van der Waals surface area contributed by atoms with E-state index in [4.69, 9.17) is 18.9 Å². The molecule has 1 aromatic heterocycles. The lowest BCUT2D eigenvalue weighted by molar-refractivity contribution is -0.686. The molecule has 0 saturated heterocycles. The van der Waals surface area contributed by atoms with E-state index < -0.39 is 0 Å². The van der Waals surface area contributed by atoms with Crippen LogP contribution >= 0.6 is 0 Å². The topological polar surface area (TPSA) is 40.8 Å². The van der Waals surface area contributed by atoms with E-state index in [9.17, 15) is 0 Å². The molecule has 0 saturated carbocycles. The van der Waals surface area contributed by atoms with E-state index in [1.807, 2.05) is 0 Å². The Morgan fingerprint density at radius 2 is 1.42 bits per heavy atom. The number of benzene rings is 2. The summed E-state index contributed by atoms with van der Waals surface area (Å²) in [5.74, 6) is 3.48. The van der Waals surface area contributed by atoms with Crippen molar-refractivity contribution in [2.45, 2.75) is 90.5 Å². The maximum Gasteiger partial charge on any atom is 0.231 e. The van der Waals surface area contributed by atoms with Crippen LogP contribution in [0.15, 0.2) is 30.5 Å². The number of fused-ring (bicyclic) bond motifs is 7. The van der Waals surface area contributed by atoms with Gasteiger partial charge in [0, 0.05) is 17.4 Å². The second-order valence-corrected chi connectivity index (χ2v) is 10.5. The monoisotopic (exact) mass is 488 g/mol. The summed E-state index contributed by atoms with van der Waals surface area (Å²) in [6.45, 7) is 3.85. The number of aryl methyl sites for hydroxylation is 3. The van der Waals surface area contributed by atoms with Crippen LogP contribution in [0.2, 0.25) is 0 Å². The zero-order valence-electron chi connectivity index (χ0n) is 21.6. The molecule has 4 heterocycles. The van der Waals surface area contributed by atoms with Gasteiger partial charge in [-0.3, -0.25) is 0 Å². The second kappa shape index (κ2) is 10.6. The molecule has 2 aromatic carbocycles. The molecule has 190 valence electrons. The summed E-state index contributed by atoms with van der Waals surface area (Å²) in [5.41, 5.74) is 5.39. The Morgan fingerprint density at radius 1 is 0.722 bits per heavy atom. The van der Waals surface area contributed by atoms with Crippen molar-refractivity contribution in [2.24, 2.45) is 0 Å². The average Bonchev–Trinajstić information content (AvgIpc) is 3.57. The van der Waals surface area contributed by atoms with E-state index in [2.05, 4.69) is 42.0 Å². The van der Waals surface area contributed by atoms with Crippen LogP contribution in [0.4, 0.5) is 0 Å². The van der Waals surface area contributed by atoms with E-state index >= 15 is 0 Å². The van der Waals surface area contributed by atoms with Gasteiger partial charge in [-0.05, 0) is 42.7 Å². The Hall–Kier alpha value is -2.95. The van der Waals surface area contributed by atoms with Gasteiger partial charge >= 0.3 is 0 Å². The van der Waals surface area contributed by atoms with Crippen LogP contribution in [0.5, 0.6) is 23.0 Å². The van der Waals surface area contributed by atoms with Gasteiger partial charge in [-0.1, -0.05) is 64.7 Å². The fourth-order valence-electron chi connectivity index (χ4n) is 6.09. The Bertz CT molecular complexity index is 1250. The zero-order valence-corrected chi connectivity index (χ0v) is 21.6. The van der Waals surface area contributed by atoms with Crippen molar-refractivity contribution in [3.8, 4) is 34.3 Å². The summed E-state index contributed by atoms with van der Waals surface area (Å²) in [7, 11) is 0. The van der Waals surface area contributed by atoms with Crippen LogP contribution in [-0.2, 0) is 19.4 Å². The molecule has 0 spiro atoms. The number of rotatable bonds is 11. The van der Waals surface area contributed by atoms with Crippen LogP contribution < -0.4 is 23.5 Å². The van der Waals surface area contributed by atoms with Gasteiger partial charge in [-0.25, -0.2) is 0 Å². The van der Waals surface area contributed by atoms with Gasteiger partial charge in [-0.2, -0.15) is 4.57 Å².